The highest BCUT2D eigenvalue weighted by Gasteiger charge is 2.27. The molecule has 106 valence electrons. The van der Waals surface area contributed by atoms with Crippen LogP contribution in [0.25, 0.3) is 0 Å². The van der Waals surface area contributed by atoms with E-state index in [9.17, 15) is 22.0 Å². The molecule has 0 radical (unpaired) electrons. The summed E-state index contributed by atoms with van der Waals surface area (Å²) in [6.45, 7) is -0.347. The molecule has 20 heavy (non-hydrogen) atoms. The minimum absolute atomic E-state index is 0.347. The van der Waals surface area contributed by atoms with Gasteiger partial charge in [0.2, 0.25) is 29.1 Å². The average molecular weight is 353 g/mol. The van der Waals surface area contributed by atoms with E-state index < -0.39 is 34.8 Å². The van der Waals surface area contributed by atoms with Gasteiger partial charge in [-0.05, 0) is 6.07 Å². The quantitative estimate of drug-likeness (QED) is 0.441. The Kier molecular flexibility index (Phi) is 4.27. The van der Waals surface area contributed by atoms with Crippen LogP contribution in [0.5, 0.6) is 5.75 Å². The van der Waals surface area contributed by atoms with Crippen LogP contribution >= 0.6 is 15.9 Å². The van der Waals surface area contributed by atoms with Crippen molar-refractivity contribution in [3.8, 4) is 5.75 Å². The summed E-state index contributed by atoms with van der Waals surface area (Å²) in [6.07, 6.45) is 0. The van der Waals surface area contributed by atoms with Crippen LogP contribution in [0, 0.1) is 29.1 Å². The van der Waals surface area contributed by atoms with Gasteiger partial charge < -0.3 is 4.74 Å². The van der Waals surface area contributed by atoms with E-state index in [-0.39, 0.29) is 6.61 Å². The van der Waals surface area contributed by atoms with Gasteiger partial charge in [-0.25, -0.2) is 13.2 Å². The lowest BCUT2D eigenvalue weighted by Gasteiger charge is -2.11. The molecule has 0 aliphatic carbocycles. The maximum atomic E-state index is 13.3. The van der Waals surface area contributed by atoms with E-state index in [1.165, 1.54) is 0 Å². The summed E-state index contributed by atoms with van der Waals surface area (Å²) in [7, 11) is 0. The SMILES string of the molecule is Fc1c(F)c(F)c(OCc2ccccc2Br)c(F)c1F. The summed E-state index contributed by atoms with van der Waals surface area (Å²) in [4.78, 5) is 0. The summed E-state index contributed by atoms with van der Waals surface area (Å²) in [5, 5.41) is 0. The Balaban J connectivity index is 2.33. The first-order valence-corrected chi connectivity index (χ1v) is 6.10. The molecular weight excluding hydrogens is 347 g/mol. The number of halogens is 6. The Labute approximate surface area is 119 Å². The molecule has 0 amide bonds. The highest BCUT2D eigenvalue weighted by atomic mass is 79.9. The van der Waals surface area contributed by atoms with Crippen molar-refractivity contribution in [3.05, 3.63) is 63.4 Å². The van der Waals surface area contributed by atoms with Crippen molar-refractivity contribution in [1.29, 1.82) is 0 Å². The Bertz CT molecular complexity index is 630. The molecule has 0 aliphatic rings. The zero-order valence-corrected chi connectivity index (χ0v) is 11.3. The van der Waals surface area contributed by atoms with Gasteiger partial charge in [-0.2, -0.15) is 8.78 Å². The minimum atomic E-state index is -2.21. The van der Waals surface area contributed by atoms with E-state index in [0.29, 0.717) is 10.0 Å². The predicted octanol–water partition coefficient (Wildman–Crippen LogP) is 4.72. The number of ether oxygens (including phenoxy) is 1. The van der Waals surface area contributed by atoms with Gasteiger partial charge in [0.05, 0.1) is 0 Å². The van der Waals surface area contributed by atoms with Crippen LogP contribution in [0.2, 0.25) is 0 Å². The average Bonchev–Trinajstić information content (AvgIpc) is 2.45. The molecule has 0 saturated carbocycles. The molecule has 1 nitrogen and oxygen atoms in total. The van der Waals surface area contributed by atoms with Crippen molar-refractivity contribution >= 4 is 15.9 Å². The van der Waals surface area contributed by atoms with Crippen LogP contribution in [0.15, 0.2) is 28.7 Å². The lowest BCUT2D eigenvalue weighted by Crippen LogP contribution is -2.07. The second-order valence-electron chi connectivity index (χ2n) is 3.78. The maximum absolute atomic E-state index is 13.3. The molecule has 0 N–H and O–H groups in total. The lowest BCUT2D eigenvalue weighted by atomic mass is 10.2. The van der Waals surface area contributed by atoms with E-state index in [2.05, 4.69) is 15.9 Å². The minimum Gasteiger partial charge on any atom is -0.483 e. The van der Waals surface area contributed by atoms with Crippen LogP contribution in [0.3, 0.4) is 0 Å². The maximum Gasteiger partial charge on any atom is 0.207 e. The van der Waals surface area contributed by atoms with Crippen LogP contribution in [-0.2, 0) is 6.61 Å². The topological polar surface area (TPSA) is 9.23 Å². The molecule has 0 saturated heterocycles. The van der Waals surface area contributed by atoms with E-state index >= 15 is 0 Å². The standard InChI is InChI=1S/C13H6BrF5O/c14-7-4-2-1-3-6(7)5-20-13-11(18)9(16)8(15)10(17)12(13)19/h1-4H,5H2. The van der Waals surface area contributed by atoms with Crippen LogP contribution < -0.4 is 4.74 Å². The van der Waals surface area contributed by atoms with Crippen LogP contribution in [0.1, 0.15) is 5.56 Å². The first kappa shape index (κ1) is 14.8. The highest BCUT2D eigenvalue weighted by Crippen LogP contribution is 2.30. The van der Waals surface area contributed by atoms with E-state index in [1.54, 1.807) is 24.3 Å². The van der Waals surface area contributed by atoms with Gasteiger partial charge in [0.1, 0.15) is 6.61 Å². The summed E-state index contributed by atoms with van der Waals surface area (Å²) in [5.41, 5.74) is 0.497. The smallest absolute Gasteiger partial charge is 0.207 e. The molecule has 2 rings (SSSR count). The fraction of sp³-hybridized carbons (Fsp3) is 0.0769. The molecule has 0 fully saturated rings. The van der Waals surface area contributed by atoms with Crippen LogP contribution in [0.4, 0.5) is 22.0 Å². The fourth-order valence-electron chi connectivity index (χ4n) is 1.48. The zero-order chi connectivity index (χ0) is 14.9. The first-order valence-electron chi connectivity index (χ1n) is 5.31. The van der Waals surface area contributed by atoms with Gasteiger partial charge in [0.15, 0.2) is 5.75 Å². The third-order valence-corrected chi connectivity index (χ3v) is 3.27. The van der Waals surface area contributed by atoms with Gasteiger partial charge in [0.25, 0.3) is 0 Å². The summed E-state index contributed by atoms with van der Waals surface area (Å²) in [5.74, 6) is -11.6. The van der Waals surface area contributed by atoms with E-state index in [4.69, 9.17) is 4.74 Å². The summed E-state index contributed by atoms with van der Waals surface area (Å²) < 4.78 is 70.8. The number of hydrogen-bond acceptors (Lipinski definition) is 1. The van der Waals surface area contributed by atoms with Gasteiger partial charge in [-0.3, -0.25) is 0 Å². The van der Waals surface area contributed by atoms with Gasteiger partial charge >= 0.3 is 0 Å². The van der Waals surface area contributed by atoms with Crippen molar-refractivity contribution in [2.75, 3.05) is 0 Å². The van der Waals surface area contributed by atoms with Crippen molar-refractivity contribution in [1.82, 2.24) is 0 Å². The number of rotatable bonds is 3. The van der Waals surface area contributed by atoms with Crippen molar-refractivity contribution in [3.63, 3.8) is 0 Å². The van der Waals surface area contributed by atoms with E-state index in [0.717, 1.165) is 0 Å². The largest absolute Gasteiger partial charge is 0.483 e. The molecule has 0 unspecified atom stereocenters. The third-order valence-electron chi connectivity index (χ3n) is 2.50. The van der Waals surface area contributed by atoms with Crippen molar-refractivity contribution in [2.45, 2.75) is 6.61 Å². The van der Waals surface area contributed by atoms with Gasteiger partial charge in [0, 0.05) is 10.0 Å². The second kappa shape index (κ2) is 5.78. The predicted molar refractivity (Wildman–Crippen MR) is 64.7 cm³/mol. The molecule has 0 bridgehead atoms. The summed E-state index contributed by atoms with van der Waals surface area (Å²) in [6, 6.07) is 6.57. The molecular formula is C13H6BrF5O. The molecule has 0 heterocycles. The molecule has 2 aromatic carbocycles. The van der Waals surface area contributed by atoms with Crippen molar-refractivity contribution in [2.24, 2.45) is 0 Å². The molecule has 0 aliphatic heterocycles. The van der Waals surface area contributed by atoms with Gasteiger partial charge in [-0.15, -0.1) is 0 Å². The monoisotopic (exact) mass is 352 g/mol. The molecule has 0 aromatic heterocycles. The second-order valence-corrected chi connectivity index (χ2v) is 4.63. The number of benzene rings is 2. The fourth-order valence-corrected chi connectivity index (χ4v) is 1.88. The highest BCUT2D eigenvalue weighted by molar-refractivity contribution is 9.10. The summed E-state index contributed by atoms with van der Waals surface area (Å²) >= 11 is 3.17. The Morgan fingerprint density at radius 3 is 1.85 bits per heavy atom. The first-order chi connectivity index (χ1) is 9.43. The van der Waals surface area contributed by atoms with Gasteiger partial charge in [-0.1, -0.05) is 34.1 Å². The Morgan fingerprint density at radius 1 is 0.800 bits per heavy atom. The molecule has 0 atom stereocenters. The zero-order valence-electron chi connectivity index (χ0n) is 9.69. The molecule has 0 spiro atoms. The van der Waals surface area contributed by atoms with Crippen LogP contribution in [-0.4, -0.2) is 0 Å². The molecule has 7 heteroatoms. The normalized spacial score (nSPS) is 10.7. The third kappa shape index (κ3) is 2.63. The Hall–Kier alpha value is -1.63. The van der Waals surface area contributed by atoms with Crippen molar-refractivity contribution < 1.29 is 26.7 Å². The lowest BCUT2D eigenvalue weighted by molar-refractivity contribution is 0.253. The molecule has 2 aromatic rings. The number of hydrogen-bond donors (Lipinski definition) is 0. The van der Waals surface area contributed by atoms with E-state index in [1.807, 2.05) is 0 Å². The Morgan fingerprint density at radius 2 is 1.30 bits per heavy atom.